The predicted molar refractivity (Wildman–Crippen MR) is 39.8 cm³/mol. The van der Waals surface area contributed by atoms with E-state index in [9.17, 15) is 13.3 Å². The molecule has 0 saturated heterocycles. The van der Waals surface area contributed by atoms with Crippen molar-refractivity contribution in [3.63, 3.8) is 0 Å². The van der Waals surface area contributed by atoms with Crippen molar-refractivity contribution in [2.45, 2.75) is 25.6 Å². The van der Waals surface area contributed by atoms with Gasteiger partial charge in [-0.25, -0.2) is 0 Å². The maximum Gasteiger partial charge on any atom is 0.396 e. The van der Waals surface area contributed by atoms with E-state index in [-0.39, 0.29) is 0 Å². The minimum atomic E-state index is -5.44. The van der Waals surface area contributed by atoms with E-state index in [0.29, 0.717) is 0 Å². The first-order valence-corrected chi connectivity index (χ1v) is 4.91. The van der Waals surface area contributed by atoms with Gasteiger partial charge in [0.2, 0.25) is 0 Å². The minimum Gasteiger partial charge on any atom is -0.322 e. The average Bonchev–Trinajstić information content (AvgIpc) is 1.83. The molecule has 0 heterocycles. The van der Waals surface area contributed by atoms with Gasteiger partial charge in [0, 0.05) is 0 Å². The van der Waals surface area contributed by atoms with Gasteiger partial charge in [-0.05, 0) is 5.92 Å². The van der Waals surface area contributed by atoms with E-state index in [0.717, 1.165) is 0 Å². The number of rotatable bonds is 3. The summed E-state index contributed by atoms with van der Waals surface area (Å²) in [5, 5.41) is 0. The van der Waals surface area contributed by atoms with Crippen LogP contribution >= 0.6 is 7.60 Å². The Morgan fingerprint density at radius 2 is 1.75 bits per heavy atom. The van der Waals surface area contributed by atoms with Crippen LogP contribution in [0.15, 0.2) is 0 Å². The van der Waals surface area contributed by atoms with Crippen LogP contribution in [0.4, 0.5) is 8.78 Å². The first kappa shape index (κ1) is 12.0. The van der Waals surface area contributed by atoms with Crippen LogP contribution in [0.2, 0.25) is 0 Å². The van der Waals surface area contributed by atoms with Crippen LogP contribution < -0.4 is 5.73 Å². The van der Waals surface area contributed by atoms with E-state index in [1.54, 1.807) is 0 Å². The van der Waals surface area contributed by atoms with Gasteiger partial charge in [-0.3, -0.25) is 4.57 Å². The summed E-state index contributed by atoms with van der Waals surface area (Å²) in [7, 11) is -5.44. The molecule has 0 aromatic heterocycles. The van der Waals surface area contributed by atoms with Gasteiger partial charge in [-0.2, -0.15) is 8.78 Å². The number of halogens is 2. The van der Waals surface area contributed by atoms with Crippen LogP contribution in [0.1, 0.15) is 13.8 Å². The molecular weight excluding hydrogens is 191 g/mol. The summed E-state index contributed by atoms with van der Waals surface area (Å²) in [6.45, 7) is 2.74. The average molecular weight is 203 g/mol. The Balaban J connectivity index is 4.74. The first-order chi connectivity index (χ1) is 5.10. The minimum absolute atomic E-state index is 0.687. The Bertz CT molecular complexity index is 203. The van der Waals surface area contributed by atoms with Gasteiger partial charge in [-0.1, -0.05) is 13.8 Å². The summed E-state index contributed by atoms with van der Waals surface area (Å²) in [6, 6.07) is -1.82. The molecule has 0 saturated carbocycles. The molecule has 12 heavy (non-hydrogen) atoms. The highest BCUT2D eigenvalue weighted by atomic mass is 31.2. The Morgan fingerprint density at radius 3 is 1.83 bits per heavy atom. The fourth-order valence-electron chi connectivity index (χ4n) is 0.595. The molecule has 0 aromatic carbocycles. The van der Waals surface area contributed by atoms with E-state index in [1.807, 2.05) is 0 Å². The molecule has 4 N–H and O–H groups in total. The summed E-state index contributed by atoms with van der Waals surface area (Å²) >= 11 is 0. The Morgan fingerprint density at radius 1 is 1.42 bits per heavy atom. The third-order valence-electron chi connectivity index (χ3n) is 1.51. The maximum absolute atomic E-state index is 12.7. The van der Waals surface area contributed by atoms with Crippen molar-refractivity contribution in [2.24, 2.45) is 11.7 Å². The summed E-state index contributed by atoms with van der Waals surface area (Å²) in [5.41, 5.74) is 0.800. The highest BCUT2D eigenvalue weighted by Crippen LogP contribution is 2.55. The van der Waals surface area contributed by atoms with E-state index < -0.39 is 25.2 Å². The molecule has 7 heteroatoms. The molecule has 0 amide bonds. The second-order valence-electron chi connectivity index (χ2n) is 2.90. The van der Waals surface area contributed by atoms with Gasteiger partial charge in [-0.15, -0.1) is 0 Å². The molecule has 0 fully saturated rings. The van der Waals surface area contributed by atoms with E-state index in [2.05, 4.69) is 0 Å². The quantitative estimate of drug-likeness (QED) is 0.590. The maximum atomic E-state index is 12.7. The molecule has 0 bridgehead atoms. The lowest BCUT2D eigenvalue weighted by molar-refractivity contribution is 0.0185. The number of alkyl halides is 2. The zero-order valence-corrected chi connectivity index (χ0v) is 7.63. The third kappa shape index (κ3) is 2.23. The van der Waals surface area contributed by atoms with Gasteiger partial charge in [0.05, 0.1) is 6.04 Å². The number of nitrogens with two attached hydrogens (primary N) is 1. The van der Waals surface area contributed by atoms with E-state index >= 15 is 0 Å². The zero-order chi connectivity index (χ0) is 10.2. The first-order valence-electron chi connectivity index (χ1n) is 3.29. The second kappa shape index (κ2) is 3.38. The van der Waals surface area contributed by atoms with Crippen LogP contribution in [0, 0.1) is 5.92 Å². The summed E-state index contributed by atoms with van der Waals surface area (Å²) in [5.74, 6) is -0.687. The van der Waals surface area contributed by atoms with Crippen molar-refractivity contribution >= 4 is 7.60 Å². The van der Waals surface area contributed by atoms with Gasteiger partial charge >= 0.3 is 13.3 Å². The molecule has 0 aliphatic heterocycles. The molecule has 0 unspecified atom stereocenters. The Kier molecular flexibility index (Phi) is 3.37. The molecular formula is C5H12F2NO3P. The molecule has 74 valence electrons. The zero-order valence-electron chi connectivity index (χ0n) is 6.74. The molecule has 0 rings (SSSR count). The molecule has 0 spiro atoms. The van der Waals surface area contributed by atoms with Crippen LogP contribution in [-0.4, -0.2) is 21.5 Å². The van der Waals surface area contributed by atoms with E-state index in [1.165, 1.54) is 13.8 Å². The number of hydrogen-bond donors (Lipinski definition) is 3. The SMILES string of the molecule is CC(C)[C@@H](N)C(F)(F)P(=O)(O)O. The van der Waals surface area contributed by atoms with Gasteiger partial charge < -0.3 is 15.5 Å². The topological polar surface area (TPSA) is 83.6 Å². The van der Waals surface area contributed by atoms with Crippen molar-refractivity contribution in [1.29, 1.82) is 0 Å². The molecule has 0 radical (unpaired) electrons. The van der Waals surface area contributed by atoms with Crippen molar-refractivity contribution in [2.75, 3.05) is 0 Å². The fraction of sp³-hybridized carbons (Fsp3) is 1.00. The van der Waals surface area contributed by atoms with Crippen LogP contribution in [0.25, 0.3) is 0 Å². The predicted octanol–water partition coefficient (Wildman–Crippen LogP) is 0.740. The van der Waals surface area contributed by atoms with Crippen molar-refractivity contribution in [1.82, 2.24) is 0 Å². The Hall–Kier alpha value is -0.0300. The van der Waals surface area contributed by atoms with Crippen LogP contribution in [-0.2, 0) is 4.57 Å². The monoisotopic (exact) mass is 203 g/mol. The third-order valence-corrected chi connectivity index (χ3v) is 2.58. The molecule has 1 atom stereocenters. The molecule has 0 aliphatic rings. The summed E-state index contributed by atoms with van der Waals surface area (Å²) in [6.07, 6.45) is 0. The molecule has 0 aromatic rings. The summed E-state index contributed by atoms with van der Waals surface area (Å²) in [4.78, 5) is 16.5. The fourth-order valence-corrected chi connectivity index (χ4v) is 1.28. The standard InChI is InChI=1S/C5H12F2NO3P/c1-3(2)4(8)5(6,7)12(9,10)11/h3-4H,8H2,1-2H3,(H2,9,10,11)/t4-/m1/s1. The number of hydrogen-bond acceptors (Lipinski definition) is 2. The lowest BCUT2D eigenvalue weighted by atomic mass is 10.1. The van der Waals surface area contributed by atoms with Gasteiger partial charge in [0.1, 0.15) is 0 Å². The largest absolute Gasteiger partial charge is 0.396 e. The molecule has 0 aliphatic carbocycles. The highest BCUT2D eigenvalue weighted by Gasteiger charge is 2.54. The summed E-state index contributed by atoms with van der Waals surface area (Å²) < 4.78 is 35.6. The normalized spacial score (nSPS) is 16.7. The lowest BCUT2D eigenvalue weighted by Crippen LogP contribution is -2.44. The van der Waals surface area contributed by atoms with Crippen LogP contribution in [0.3, 0.4) is 0 Å². The molecule has 4 nitrogen and oxygen atoms in total. The van der Waals surface area contributed by atoms with Gasteiger partial charge in [0.25, 0.3) is 0 Å². The Labute approximate surface area is 68.9 Å². The van der Waals surface area contributed by atoms with Crippen molar-refractivity contribution < 1.29 is 23.1 Å². The second-order valence-corrected chi connectivity index (χ2v) is 4.59. The highest BCUT2D eigenvalue weighted by molar-refractivity contribution is 7.53. The smallest absolute Gasteiger partial charge is 0.322 e. The lowest BCUT2D eigenvalue weighted by Gasteiger charge is -2.26. The van der Waals surface area contributed by atoms with Crippen molar-refractivity contribution in [3.8, 4) is 0 Å². The van der Waals surface area contributed by atoms with Crippen LogP contribution in [0.5, 0.6) is 0 Å². The van der Waals surface area contributed by atoms with Gasteiger partial charge in [0.15, 0.2) is 0 Å². The van der Waals surface area contributed by atoms with Crippen molar-refractivity contribution in [3.05, 3.63) is 0 Å². The van der Waals surface area contributed by atoms with E-state index in [4.69, 9.17) is 15.5 Å².